The van der Waals surface area contributed by atoms with E-state index >= 15 is 0 Å². The number of carbonyl (C=O) groups excluding carboxylic acids is 3. The molecular formula is C27H26N2O6. The summed E-state index contributed by atoms with van der Waals surface area (Å²) < 4.78 is 15.5. The second-order valence-electron chi connectivity index (χ2n) is 8.04. The van der Waals surface area contributed by atoms with Crippen molar-refractivity contribution in [2.75, 3.05) is 26.6 Å². The van der Waals surface area contributed by atoms with Gasteiger partial charge in [0.1, 0.15) is 0 Å². The molecule has 0 aromatic heterocycles. The molecule has 0 aliphatic carbocycles. The fraction of sp³-hybridized carbons (Fsp3) is 0.222. The number of hydrogen-bond acceptors (Lipinski definition) is 6. The van der Waals surface area contributed by atoms with E-state index in [2.05, 4.69) is 5.32 Å². The minimum Gasteiger partial charge on any atom is -0.493 e. The number of ether oxygens (including phenoxy) is 3. The average Bonchev–Trinajstić information content (AvgIpc) is 3.23. The van der Waals surface area contributed by atoms with Gasteiger partial charge in [-0.3, -0.25) is 9.59 Å². The van der Waals surface area contributed by atoms with Crippen LogP contribution in [-0.2, 0) is 16.1 Å². The van der Waals surface area contributed by atoms with Crippen molar-refractivity contribution in [3.05, 3.63) is 89.0 Å². The molecule has 0 radical (unpaired) electrons. The first-order chi connectivity index (χ1) is 16.9. The highest BCUT2D eigenvalue weighted by atomic mass is 16.5. The van der Waals surface area contributed by atoms with E-state index in [0.717, 1.165) is 11.1 Å². The van der Waals surface area contributed by atoms with Gasteiger partial charge in [-0.25, -0.2) is 4.79 Å². The number of benzene rings is 3. The summed E-state index contributed by atoms with van der Waals surface area (Å²) in [7, 11) is 4.40. The van der Waals surface area contributed by atoms with E-state index in [1.807, 2.05) is 24.3 Å². The molecule has 1 heterocycles. The van der Waals surface area contributed by atoms with Gasteiger partial charge >= 0.3 is 5.97 Å². The van der Waals surface area contributed by atoms with Crippen molar-refractivity contribution in [1.29, 1.82) is 0 Å². The number of amides is 2. The first-order valence-electron chi connectivity index (χ1n) is 11.0. The van der Waals surface area contributed by atoms with Crippen LogP contribution in [0.2, 0.25) is 0 Å². The minimum atomic E-state index is -0.538. The van der Waals surface area contributed by atoms with Crippen molar-refractivity contribution >= 4 is 23.5 Å². The number of esters is 1. The third kappa shape index (κ3) is 4.96. The number of rotatable bonds is 8. The monoisotopic (exact) mass is 474 g/mol. The molecule has 35 heavy (non-hydrogen) atoms. The predicted molar refractivity (Wildman–Crippen MR) is 130 cm³/mol. The first kappa shape index (κ1) is 23.8. The van der Waals surface area contributed by atoms with E-state index in [4.69, 9.17) is 14.2 Å². The maximum absolute atomic E-state index is 13.3. The Bertz CT molecular complexity index is 1250. The van der Waals surface area contributed by atoms with Crippen LogP contribution in [0, 0.1) is 0 Å². The molecule has 1 N–H and O–H groups in total. The van der Waals surface area contributed by atoms with Gasteiger partial charge in [-0.15, -0.1) is 0 Å². The van der Waals surface area contributed by atoms with Gasteiger partial charge in [-0.1, -0.05) is 24.3 Å². The van der Waals surface area contributed by atoms with Crippen LogP contribution in [0.4, 0.5) is 5.69 Å². The Kier molecular flexibility index (Phi) is 7.01. The highest BCUT2D eigenvalue weighted by molar-refractivity contribution is 5.99. The average molecular weight is 475 g/mol. The Morgan fingerprint density at radius 3 is 2.31 bits per heavy atom. The molecule has 0 saturated carbocycles. The molecule has 1 aliphatic heterocycles. The number of nitrogens with one attached hydrogen (secondary N) is 1. The van der Waals surface area contributed by atoms with Crippen LogP contribution in [-0.4, -0.2) is 44.0 Å². The molecule has 180 valence electrons. The minimum absolute atomic E-state index is 0.0218. The Balaban J connectivity index is 1.60. The Hall–Kier alpha value is -4.33. The van der Waals surface area contributed by atoms with Crippen molar-refractivity contribution in [2.45, 2.75) is 19.0 Å². The zero-order valence-corrected chi connectivity index (χ0v) is 19.7. The largest absolute Gasteiger partial charge is 0.493 e. The molecule has 3 aromatic rings. The number of hydrogen-bond donors (Lipinski definition) is 1. The molecule has 4 rings (SSSR count). The van der Waals surface area contributed by atoms with E-state index in [9.17, 15) is 14.4 Å². The summed E-state index contributed by atoms with van der Waals surface area (Å²) >= 11 is 0. The molecule has 3 aromatic carbocycles. The Labute approximate surface area is 203 Å². The van der Waals surface area contributed by atoms with Gasteiger partial charge in [-0.05, 0) is 53.6 Å². The van der Waals surface area contributed by atoms with E-state index in [1.54, 1.807) is 54.5 Å². The van der Waals surface area contributed by atoms with Crippen LogP contribution in [0.25, 0.3) is 0 Å². The van der Waals surface area contributed by atoms with Gasteiger partial charge in [0.2, 0.25) is 5.91 Å². The van der Waals surface area contributed by atoms with Crippen molar-refractivity contribution in [2.24, 2.45) is 0 Å². The van der Waals surface area contributed by atoms with Gasteiger partial charge in [0.15, 0.2) is 11.5 Å². The van der Waals surface area contributed by atoms with E-state index in [-0.39, 0.29) is 18.2 Å². The molecule has 8 nitrogen and oxygen atoms in total. The van der Waals surface area contributed by atoms with Crippen LogP contribution < -0.4 is 14.8 Å². The van der Waals surface area contributed by atoms with Gasteiger partial charge in [0, 0.05) is 17.8 Å². The fourth-order valence-corrected chi connectivity index (χ4v) is 4.19. The summed E-state index contributed by atoms with van der Waals surface area (Å²) in [5.74, 6) is 0.206. The number of methoxy groups -OCH3 is 3. The molecular weight excluding hydrogens is 448 g/mol. The number of anilines is 1. The number of fused-ring (bicyclic) bond motifs is 1. The fourth-order valence-electron chi connectivity index (χ4n) is 4.19. The Morgan fingerprint density at radius 1 is 0.943 bits per heavy atom. The smallest absolute Gasteiger partial charge is 0.337 e. The lowest BCUT2D eigenvalue weighted by Crippen LogP contribution is -2.32. The molecule has 0 saturated heterocycles. The summed E-state index contributed by atoms with van der Waals surface area (Å²) in [6.07, 6.45) is 0.0218. The SMILES string of the molecule is COC(=O)c1ccc(NC(=O)C[C@@H](c2ccc(OC)c(OC)c2)N2Cc3ccccc3C2=O)cc1. The Morgan fingerprint density at radius 2 is 1.66 bits per heavy atom. The topological polar surface area (TPSA) is 94.2 Å². The van der Waals surface area contributed by atoms with Crippen LogP contribution >= 0.6 is 0 Å². The van der Waals surface area contributed by atoms with Crippen molar-refractivity contribution in [3.8, 4) is 11.5 Å². The van der Waals surface area contributed by atoms with E-state index in [0.29, 0.717) is 34.9 Å². The van der Waals surface area contributed by atoms with E-state index < -0.39 is 12.0 Å². The van der Waals surface area contributed by atoms with Crippen LogP contribution in [0.3, 0.4) is 0 Å². The second kappa shape index (κ2) is 10.3. The maximum Gasteiger partial charge on any atom is 0.337 e. The van der Waals surface area contributed by atoms with Crippen LogP contribution in [0.5, 0.6) is 11.5 Å². The standard InChI is InChI=1S/C27H26N2O6/c1-33-23-13-10-18(14-24(23)34-2)22(29-16-19-6-4-5-7-21(19)26(29)31)15-25(30)28-20-11-8-17(9-12-20)27(32)35-3/h4-14,22H,15-16H2,1-3H3,(H,28,30)/t22-/m0/s1. The van der Waals surface area contributed by atoms with Crippen LogP contribution in [0.1, 0.15) is 44.3 Å². The molecule has 1 aliphatic rings. The van der Waals surface area contributed by atoms with Gasteiger partial charge in [0.05, 0.1) is 39.4 Å². The van der Waals surface area contributed by atoms with Crippen molar-refractivity contribution in [1.82, 2.24) is 4.90 Å². The predicted octanol–water partition coefficient (Wildman–Crippen LogP) is 4.22. The molecule has 1 atom stereocenters. The van der Waals surface area contributed by atoms with Crippen molar-refractivity contribution < 1.29 is 28.6 Å². The number of nitrogens with zero attached hydrogens (tertiary/aromatic N) is 1. The zero-order valence-electron chi connectivity index (χ0n) is 19.7. The quantitative estimate of drug-likeness (QED) is 0.492. The zero-order chi connectivity index (χ0) is 24.9. The highest BCUT2D eigenvalue weighted by Gasteiger charge is 2.34. The highest BCUT2D eigenvalue weighted by Crippen LogP contribution is 2.37. The molecule has 0 bridgehead atoms. The molecule has 2 amide bonds. The van der Waals surface area contributed by atoms with Crippen molar-refractivity contribution in [3.63, 3.8) is 0 Å². The summed E-state index contributed by atoms with van der Waals surface area (Å²) in [6.45, 7) is 0.398. The molecule has 0 spiro atoms. The van der Waals surface area contributed by atoms with E-state index in [1.165, 1.54) is 14.2 Å². The molecule has 8 heteroatoms. The van der Waals surface area contributed by atoms with Gasteiger partial charge in [-0.2, -0.15) is 0 Å². The third-order valence-corrected chi connectivity index (χ3v) is 5.99. The lowest BCUT2D eigenvalue weighted by molar-refractivity contribution is -0.117. The summed E-state index contributed by atoms with van der Waals surface area (Å²) in [4.78, 5) is 39.7. The van der Waals surface area contributed by atoms with Crippen LogP contribution in [0.15, 0.2) is 66.7 Å². The molecule has 0 unspecified atom stereocenters. The third-order valence-electron chi connectivity index (χ3n) is 5.99. The first-order valence-corrected chi connectivity index (χ1v) is 11.0. The lowest BCUT2D eigenvalue weighted by Gasteiger charge is -2.28. The maximum atomic E-state index is 13.3. The van der Waals surface area contributed by atoms with Gasteiger partial charge in [0.25, 0.3) is 5.91 Å². The molecule has 0 fully saturated rings. The number of carbonyl (C=O) groups is 3. The normalized spacial score (nSPS) is 13.1. The summed E-state index contributed by atoms with van der Waals surface area (Å²) in [6, 6.07) is 18.7. The summed E-state index contributed by atoms with van der Waals surface area (Å²) in [5, 5.41) is 2.85. The second-order valence-corrected chi connectivity index (χ2v) is 8.04. The summed E-state index contributed by atoms with van der Waals surface area (Å²) in [5.41, 5.74) is 3.22. The lowest BCUT2D eigenvalue weighted by atomic mass is 10.0. The van der Waals surface area contributed by atoms with Gasteiger partial charge < -0.3 is 24.4 Å².